The lowest BCUT2D eigenvalue weighted by atomic mass is 10.0. The molecule has 1 saturated carbocycles. The van der Waals surface area contributed by atoms with E-state index < -0.39 is 26.7 Å². The van der Waals surface area contributed by atoms with Crippen LogP contribution in [0, 0.1) is 13.8 Å². The molecule has 202 valence electrons. The summed E-state index contributed by atoms with van der Waals surface area (Å²) in [5.41, 5.74) is 1.15. The zero-order chi connectivity index (χ0) is 26.8. The number of aryl methyl sites for hydroxylation is 2. The van der Waals surface area contributed by atoms with Gasteiger partial charge in [-0.1, -0.05) is 12.1 Å². The molecule has 2 aromatic rings. The molecular formula is C25H32F3N5O3S. The first-order valence-electron chi connectivity index (χ1n) is 12.4. The van der Waals surface area contributed by atoms with Gasteiger partial charge in [-0.15, -0.1) is 0 Å². The first-order chi connectivity index (χ1) is 17.4. The maximum absolute atomic E-state index is 13.6. The van der Waals surface area contributed by atoms with Crippen LogP contribution in [0.3, 0.4) is 0 Å². The molecule has 12 heteroatoms. The lowest BCUT2D eigenvalue weighted by Gasteiger charge is -2.38. The molecule has 4 rings (SSSR count). The number of carbonyl (C=O) groups excluding carboxylic acids is 1. The summed E-state index contributed by atoms with van der Waals surface area (Å²) in [7, 11) is -4.31. The molecule has 1 aliphatic heterocycles. The van der Waals surface area contributed by atoms with Crippen LogP contribution >= 0.6 is 0 Å². The quantitative estimate of drug-likeness (QED) is 0.526. The molecule has 0 atom stereocenters. The summed E-state index contributed by atoms with van der Waals surface area (Å²) in [6, 6.07) is 7.03. The van der Waals surface area contributed by atoms with Crippen molar-refractivity contribution in [2.45, 2.75) is 62.7 Å². The Labute approximate surface area is 215 Å². The first-order valence-corrected chi connectivity index (χ1v) is 13.8. The van der Waals surface area contributed by atoms with Crippen LogP contribution in [0.25, 0.3) is 0 Å². The summed E-state index contributed by atoms with van der Waals surface area (Å²) in [5.74, 6) is 0. The third kappa shape index (κ3) is 6.79. The molecule has 0 spiro atoms. The molecule has 8 nitrogen and oxygen atoms in total. The Morgan fingerprint density at radius 1 is 1.05 bits per heavy atom. The Morgan fingerprint density at radius 3 is 2.24 bits per heavy atom. The number of amides is 2. The number of hydrogen-bond acceptors (Lipinski definition) is 5. The highest BCUT2D eigenvalue weighted by atomic mass is 32.2. The van der Waals surface area contributed by atoms with Gasteiger partial charge in [0.1, 0.15) is 0 Å². The van der Waals surface area contributed by atoms with Crippen molar-refractivity contribution in [2.24, 2.45) is 0 Å². The Morgan fingerprint density at radius 2 is 1.65 bits per heavy atom. The molecule has 0 bridgehead atoms. The smallest absolute Gasteiger partial charge is 0.337 e. The number of urea groups is 1. The molecule has 2 heterocycles. The van der Waals surface area contributed by atoms with E-state index in [1.807, 2.05) is 13.8 Å². The van der Waals surface area contributed by atoms with Crippen LogP contribution in [0.2, 0.25) is 0 Å². The van der Waals surface area contributed by atoms with E-state index in [-0.39, 0.29) is 18.1 Å². The summed E-state index contributed by atoms with van der Waals surface area (Å²) >= 11 is 0. The van der Waals surface area contributed by atoms with Gasteiger partial charge in [0, 0.05) is 42.2 Å². The summed E-state index contributed by atoms with van der Waals surface area (Å²) in [5, 5.41) is 5.61. The van der Waals surface area contributed by atoms with Gasteiger partial charge >= 0.3 is 12.2 Å². The number of halogens is 3. The standard InChI is InChI=1S/C25H32F3N5O3S/c1-17-15-19(16-18(2)30-17)31-24(34)29-11-14-32-12-9-21(10-13-32)33(20-7-8-20)37(35,36)23-6-4-3-5-22(23)25(26,27)28/h3-6,15-16,20-21H,7-14H2,1-2H3,(H2,29,30,31,34). The number of nitrogens with one attached hydrogen (secondary N) is 2. The Balaban J connectivity index is 1.32. The number of alkyl halides is 3. The molecule has 1 saturated heterocycles. The number of aromatic nitrogens is 1. The van der Waals surface area contributed by atoms with E-state index in [9.17, 15) is 26.4 Å². The Kier molecular flexibility index (Phi) is 8.10. The van der Waals surface area contributed by atoms with Crippen LogP contribution in [0.1, 0.15) is 42.6 Å². The van der Waals surface area contributed by atoms with Crippen molar-refractivity contribution in [3.8, 4) is 0 Å². The largest absolute Gasteiger partial charge is 0.417 e. The minimum atomic E-state index is -4.75. The van der Waals surface area contributed by atoms with Gasteiger partial charge < -0.3 is 15.5 Å². The third-order valence-electron chi connectivity index (χ3n) is 6.62. The number of sulfonamides is 1. The number of hydrogen-bond donors (Lipinski definition) is 2. The maximum atomic E-state index is 13.6. The molecule has 0 unspecified atom stereocenters. The number of piperidine rings is 1. The van der Waals surface area contributed by atoms with Crippen molar-refractivity contribution in [3.63, 3.8) is 0 Å². The monoisotopic (exact) mass is 539 g/mol. The zero-order valence-corrected chi connectivity index (χ0v) is 21.7. The maximum Gasteiger partial charge on any atom is 0.417 e. The minimum absolute atomic E-state index is 0.256. The van der Waals surface area contributed by atoms with Crippen molar-refractivity contribution in [1.29, 1.82) is 0 Å². The lowest BCUT2D eigenvalue weighted by molar-refractivity contribution is -0.139. The predicted octanol–water partition coefficient (Wildman–Crippen LogP) is 4.16. The predicted molar refractivity (Wildman–Crippen MR) is 134 cm³/mol. The van der Waals surface area contributed by atoms with Crippen LogP contribution in [0.15, 0.2) is 41.3 Å². The van der Waals surface area contributed by atoms with Gasteiger partial charge in [0.15, 0.2) is 0 Å². The summed E-state index contributed by atoms with van der Waals surface area (Å²) in [6.07, 6.45) is -2.40. The SMILES string of the molecule is Cc1cc(NC(=O)NCCN2CCC(N(C3CC3)S(=O)(=O)c3ccccc3C(F)(F)F)CC2)cc(C)n1. The molecule has 0 radical (unpaired) electrons. The van der Waals surface area contributed by atoms with Crippen LogP contribution in [0.5, 0.6) is 0 Å². The summed E-state index contributed by atoms with van der Waals surface area (Å²) in [6.45, 7) is 5.88. The fraction of sp³-hybridized carbons (Fsp3) is 0.520. The number of pyridine rings is 1. The van der Waals surface area contributed by atoms with Crippen LogP contribution in [-0.4, -0.2) is 66.9 Å². The highest BCUT2D eigenvalue weighted by Gasteiger charge is 2.46. The van der Waals surface area contributed by atoms with Crippen molar-refractivity contribution in [2.75, 3.05) is 31.5 Å². The summed E-state index contributed by atoms with van der Waals surface area (Å²) < 4.78 is 68.9. The van der Waals surface area contributed by atoms with E-state index in [0.29, 0.717) is 57.5 Å². The van der Waals surface area contributed by atoms with Gasteiger partial charge in [-0.05, 0) is 76.9 Å². The van der Waals surface area contributed by atoms with Gasteiger partial charge in [-0.2, -0.15) is 17.5 Å². The van der Waals surface area contributed by atoms with Gasteiger partial charge in [-0.3, -0.25) is 4.98 Å². The van der Waals surface area contributed by atoms with Crippen molar-refractivity contribution in [3.05, 3.63) is 53.3 Å². The van der Waals surface area contributed by atoms with Crippen LogP contribution in [-0.2, 0) is 16.2 Å². The van der Waals surface area contributed by atoms with Gasteiger partial charge in [-0.25, -0.2) is 13.2 Å². The van der Waals surface area contributed by atoms with E-state index in [0.717, 1.165) is 23.5 Å². The molecule has 2 amide bonds. The van der Waals surface area contributed by atoms with Crippen LogP contribution in [0.4, 0.5) is 23.7 Å². The van der Waals surface area contributed by atoms with Crippen molar-refractivity contribution < 1.29 is 26.4 Å². The number of benzene rings is 1. The molecule has 2 fully saturated rings. The van der Waals surface area contributed by atoms with E-state index >= 15 is 0 Å². The fourth-order valence-electron chi connectivity index (χ4n) is 4.87. The van der Waals surface area contributed by atoms with Crippen LogP contribution < -0.4 is 10.6 Å². The first kappa shape index (κ1) is 27.3. The van der Waals surface area contributed by atoms with Gasteiger partial charge in [0.05, 0.1) is 10.5 Å². The van der Waals surface area contributed by atoms with E-state index in [4.69, 9.17) is 0 Å². The van der Waals surface area contributed by atoms with E-state index in [1.165, 1.54) is 16.4 Å². The number of carbonyl (C=O) groups is 1. The molecule has 2 aliphatic rings. The van der Waals surface area contributed by atoms with E-state index in [1.54, 1.807) is 12.1 Å². The molecule has 37 heavy (non-hydrogen) atoms. The molecule has 1 aromatic carbocycles. The van der Waals surface area contributed by atoms with Crippen molar-refractivity contribution >= 4 is 21.7 Å². The highest BCUT2D eigenvalue weighted by Crippen LogP contribution is 2.40. The van der Waals surface area contributed by atoms with Crippen molar-refractivity contribution in [1.82, 2.24) is 19.5 Å². The molecule has 1 aliphatic carbocycles. The van der Waals surface area contributed by atoms with E-state index in [2.05, 4.69) is 20.5 Å². The topological polar surface area (TPSA) is 94.6 Å². The lowest BCUT2D eigenvalue weighted by Crippen LogP contribution is -2.49. The minimum Gasteiger partial charge on any atom is -0.337 e. The van der Waals surface area contributed by atoms with Gasteiger partial charge in [0.25, 0.3) is 0 Å². The highest BCUT2D eigenvalue weighted by molar-refractivity contribution is 7.89. The average molecular weight is 540 g/mol. The fourth-order valence-corrected chi connectivity index (χ4v) is 7.01. The second-order valence-electron chi connectivity index (χ2n) is 9.65. The number of rotatable bonds is 8. The third-order valence-corrected chi connectivity index (χ3v) is 8.69. The Bertz CT molecular complexity index is 1210. The molecular weight excluding hydrogens is 507 g/mol. The van der Waals surface area contributed by atoms with Gasteiger partial charge in [0.2, 0.25) is 10.0 Å². The number of likely N-dealkylation sites (tertiary alicyclic amines) is 1. The second kappa shape index (κ2) is 11.0. The molecule has 1 aromatic heterocycles. The number of nitrogens with zero attached hydrogens (tertiary/aromatic N) is 3. The normalized spacial score (nSPS) is 17.7. The zero-order valence-electron chi connectivity index (χ0n) is 20.9. The summed E-state index contributed by atoms with van der Waals surface area (Å²) in [4.78, 5) is 18.0. The second-order valence-corrected chi connectivity index (χ2v) is 11.5. The average Bonchev–Trinajstić information content (AvgIpc) is 3.64. The molecule has 2 N–H and O–H groups in total. The Hall–Kier alpha value is -2.70. The number of anilines is 1.